The number of pyridine rings is 1. The van der Waals surface area contributed by atoms with Gasteiger partial charge in [-0.3, -0.25) is 9.59 Å². The number of amides is 1. The Kier molecular flexibility index (Phi) is 4.06. The largest absolute Gasteiger partial charge is 0.486 e. The number of ether oxygens (including phenoxy) is 2. The molecule has 6 nitrogen and oxygen atoms in total. The number of hydrogen-bond acceptors (Lipinski definition) is 4. The number of aromatic nitrogens is 1. The molecule has 0 saturated carbocycles. The minimum Gasteiger partial charge on any atom is -0.486 e. The van der Waals surface area contributed by atoms with Gasteiger partial charge in [-0.25, -0.2) is 0 Å². The van der Waals surface area contributed by atoms with E-state index in [4.69, 9.17) is 9.47 Å². The van der Waals surface area contributed by atoms with Crippen molar-refractivity contribution in [3.63, 3.8) is 0 Å². The molecule has 23 heavy (non-hydrogen) atoms. The summed E-state index contributed by atoms with van der Waals surface area (Å²) in [4.78, 5) is 25.6. The molecule has 1 amide bonds. The Morgan fingerprint density at radius 3 is 2.78 bits per heavy atom. The molecule has 0 saturated heterocycles. The predicted molar refractivity (Wildman–Crippen MR) is 85.0 cm³/mol. The first-order chi connectivity index (χ1) is 11.0. The van der Waals surface area contributed by atoms with Gasteiger partial charge in [0.1, 0.15) is 6.61 Å². The zero-order chi connectivity index (χ0) is 16.4. The van der Waals surface area contributed by atoms with Crippen LogP contribution in [0.3, 0.4) is 0 Å². The van der Waals surface area contributed by atoms with Crippen LogP contribution in [0.1, 0.15) is 10.4 Å². The summed E-state index contributed by atoms with van der Waals surface area (Å²) in [6.45, 7) is 0.758. The van der Waals surface area contributed by atoms with Gasteiger partial charge in [0.2, 0.25) is 0 Å². The summed E-state index contributed by atoms with van der Waals surface area (Å²) >= 11 is 0. The summed E-state index contributed by atoms with van der Waals surface area (Å²) in [5, 5.41) is 0. The molecule has 2 aromatic rings. The molecule has 0 spiro atoms. The molecule has 6 heteroatoms. The molecule has 0 radical (unpaired) electrons. The van der Waals surface area contributed by atoms with Crippen LogP contribution < -0.4 is 15.0 Å². The molecule has 120 valence electrons. The number of nitrogens with zero attached hydrogens (tertiary/aromatic N) is 2. The van der Waals surface area contributed by atoms with Crippen LogP contribution in [0.15, 0.2) is 47.4 Å². The molecule has 2 heterocycles. The number of fused-ring (bicyclic) bond motifs is 1. The molecule has 0 N–H and O–H groups in total. The van der Waals surface area contributed by atoms with Gasteiger partial charge in [0, 0.05) is 31.9 Å². The molecule has 1 aromatic heterocycles. The van der Waals surface area contributed by atoms with E-state index in [0.717, 1.165) is 0 Å². The number of carbonyl (C=O) groups is 1. The fourth-order valence-electron chi connectivity index (χ4n) is 2.44. The summed E-state index contributed by atoms with van der Waals surface area (Å²) in [7, 11) is 3.33. The lowest BCUT2D eigenvalue weighted by Crippen LogP contribution is -2.42. The summed E-state index contributed by atoms with van der Waals surface area (Å²) in [5.74, 6) is 1.17. The van der Waals surface area contributed by atoms with Crippen molar-refractivity contribution in [1.82, 2.24) is 9.47 Å². The molecule has 1 aromatic carbocycles. The quantitative estimate of drug-likeness (QED) is 0.857. The van der Waals surface area contributed by atoms with Crippen LogP contribution in [0.25, 0.3) is 0 Å². The number of rotatable bonds is 3. The van der Waals surface area contributed by atoms with E-state index in [0.29, 0.717) is 30.2 Å². The molecule has 0 bridgehead atoms. The molecule has 0 unspecified atom stereocenters. The van der Waals surface area contributed by atoms with Crippen LogP contribution in [0, 0.1) is 0 Å². The minimum absolute atomic E-state index is 0.213. The molecular weight excluding hydrogens is 296 g/mol. The van der Waals surface area contributed by atoms with E-state index in [1.54, 1.807) is 26.4 Å². The summed E-state index contributed by atoms with van der Waals surface area (Å²) in [6.07, 6.45) is 1.34. The Morgan fingerprint density at radius 2 is 2.04 bits per heavy atom. The highest BCUT2D eigenvalue weighted by atomic mass is 16.6. The lowest BCUT2D eigenvalue weighted by Gasteiger charge is -2.29. The first-order valence-electron chi connectivity index (χ1n) is 7.35. The summed E-state index contributed by atoms with van der Waals surface area (Å²) in [5.41, 5.74) is 0.156. The van der Waals surface area contributed by atoms with E-state index < -0.39 is 0 Å². The van der Waals surface area contributed by atoms with Crippen molar-refractivity contribution in [1.29, 1.82) is 0 Å². The fraction of sp³-hybridized carbons (Fsp3) is 0.294. The second-order valence-corrected chi connectivity index (χ2v) is 5.55. The van der Waals surface area contributed by atoms with Crippen LogP contribution in [0.5, 0.6) is 11.5 Å². The normalized spacial score (nSPS) is 16.0. The topological polar surface area (TPSA) is 60.8 Å². The van der Waals surface area contributed by atoms with Crippen LogP contribution in [-0.4, -0.2) is 41.7 Å². The average molecular weight is 314 g/mol. The SMILES string of the molecule is CN(C[C@@H]1COc2ccccc2O1)C(=O)c1ccn(C)c(=O)c1. The lowest BCUT2D eigenvalue weighted by molar-refractivity contribution is 0.0521. The van der Waals surface area contributed by atoms with Crippen molar-refractivity contribution < 1.29 is 14.3 Å². The van der Waals surface area contributed by atoms with Gasteiger partial charge < -0.3 is 18.9 Å². The van der Waals surface area contributed by atoms with E-state index in [1.165, 1.54) is 15.5 Å². The van der Waals surface area contributed by atoms with E-state index in [1.807, 2.05) is 24.3 Å². The van der Waals surface area contributed by atoms with Crippen LogP contribution in [-0.2, 0) is 7.05 Å². The van der Waals surface area contributed by atoms with Crippen molar-refractivity contribution in [2.75, 3.05) is 20.2 Å². The predicted octanol–water partition coefficient (Wildman–Crippen LogP) is 1.30. The van der Waals surface area contributed by atoms with Gasteiger partial charge in [-0.05, 0) is 18.2 Å². The Bertz CT molecular complexity index is 784. The molecule has 3 rings (SSSR count). The number of para-hydroxylation sites is 2. The number of carbonyl (C=O) groups excluding carboxylic acids is 1. The molecule has 1 aliphatic rings. The Labute approximate surface area is 133 Å². The smallest absolute Gasteiger partial charge is 0.253 e. The van der Waals surface area contributed by atoms with Crippen molar-refractivity contribution in [2.24, 2.45) is 7.05 Å². The van der Waals surface area contributed by atoms with Gasteiger partial charge in [0.05, 0.1) is 6.54 Å². The maximum atomic E-state index is 12.4. The fourth-order valence-corrected chi connectivity index (χ4v) is 2.44. The van der Waals surface area contributed by atoms with Gasteiger partial charge >= 0.3 is 0 Å². The molecule has 1 aliphatic heterocycles. The summed E-state index contributed by atoms with van der Waals surface area (Å²) < 4.78 is 12.9. The van der Waals surface area contributed by atoms with Crippen molar-refractivity contribution in [3.8, 4) is 11.5 Å². The van der Waals surface area contributed by atoms with Crippen molar-refractivity contribution >= 4 is 5.91 Å². The Hall–Kier alpha value is -2.76. The van der Waals surface area contributed by atoms with Crippen LogP contribution in [0.4, 0.5) is 0 Å². The third kappa shape index (κ3) is 3.21. The third-order valence-electron chi connectivity index (χ3n) is 3.74. The van der Waals surface area contributed by atoms with Crippen molar-refractivity contribution in [2.45, 2.75) is 6.10 Å². The molecule has 0 aliphatic carbocycles. The zero-order valence-electron chi connectivity index (χ0n) is 13.1. The lowest BCUT2D eigenvalue weighted by atomic mass is 10.2. The molecule has 1 atom stereocenters. The number of hydrogen-bond donors (Lipinski definition) is 0. The van der Waals surface area contributed by atoms with Gasteiger partial charge in [-0.1, -0.05) is 12.1 Å². The minimum atomic E-state index is -0.245. The van der Waals surface area contributed by atoms with E-state index in [-0.39, 0.29) is 17.6 Å². The summed E-state index contributed by atoms with van der Waals surface area (Å²) in [6, 6.07) is 10.4. The van der Waals surface area contributed by atoms with E-state index in [2.05, 4.69) is 0 Å². The van der Waals surface area contributed by atoms with Gasteiger partial charge in [0.15, 0.2) is 17.6 Å². The first-order valence-corrected chi connectivity index (χ1v) is 7.35. The second-order valence-electron chi connectivity index (χ2n) is 5.55. The molecular formula is C17H18N2O4. The Balaban J connectivity index is 1.67. The van der Waals surface area contributed by atoms with Gasteiger partial charge in [0.25, 0.3) is 11.5 Å². The second kappa shape index (κ2) is 6.16. The first kappa shape index (κ1) is 15.1. The zero-order valence-corrected chi connectivity index (χ0v) is 13.1. The standard InChI is InChI=1S/C17H18N2O4/c1-18-8-7-12(9-16(18)20)17(21)19(2)10-13-11-22-14-5-3-4-6-15(14)23-13/h3-9,13H,10-11H2,1-2H3/t13-/m1/s1. The average Bonchev–Trinajstić information content (AvgIpc) is 2.56. The van der Waals surface area contributed by atoms with Gasteiger partial charge in [-0.15, -0.1) is 0 Å². The monoisotopic (exact) mass is 314 g/mol. The number of benzene rings is 1. The number of aryl methyl sites for hydroxylation is 1. The van der Waals surface area contributed by atoms with Crippen LogP contribution in [0.2, 0.25) is 0 Å². The van der Waals surface area contributed by atoms with Crippen molar-refractivity contribution in [3.05, 3.63) is 58.5 Å². The maximum Gasteiger partial charge on any atom is 0.253 e. The highest BCUT2D eigenvalue weighted by Gasteiger charge is 2.24. The highest BCUT2D eigenvalue weighted by molar-refractivity contribution is 5.93. The van der Waals surface area contributed by atoms with Crippen LogP contribution >= 0.6 is 0 Å². The van der Waals surface area contributed by atoms with E-state index >= 15 is 0 Å². The maximum absolute atomic E-state index is 12.4. The van der Waals surface area contributed by atoms with E-state index in [9.17, 15) is 9.59 Å². The number of likely N-dealkylation sites (N-methyl/N-ethyl adjacent to an activating group) is 1. The Morgan fingerprint density at radius 1 is 1.30 bits per heavy atom. The molecule has 0 fully saturated rings. The third-order valence-corrected chi connectivity index (χ3v) is 3.74. The van der Waals surface area contributed by atoms with Gasteiger partial charge in [-0.2, -0.15) is 0 Å². The highest BCUT2D eigenvalue weighted by Crippen LogP contribution is 2.30.